The highest BCUT2D eigenvalue weighted by Gasteiger charge is 2.20. The number of hydrogen-bond acceptors (Lipinski definition) is 1. The van der Waals surface area contributed by atoms with Gasteiger partial charge in [0.25, 0.3) is 0 Å². The lowest BCUT2D eigenvalue weighted by Crippen LogP contribution is -2.33. The van der Waals surface area contributed by atoms with E-state index in [2.05, 4.69) is 51.1 Å². The van der Waals surface area contributed by atoms with E-state index in [0.717, 1.165) is 6.42 Å². The van der Waals surface area contributed by atoms with Gasteiger partial charge in [0.05, 0.1) is 0 Å². The Morgan fingerprint density at radius 3 is 2.14 bits per heavy atom. The first-order valence-corrected chi connectivity index (χ1v) is 5.47. The van der Waals surface area contributed by atoms with E-state index in [1.54, 1.807) is 0 Å². The molecule has 0 saturated carbocycles. The number of nitrogens with two attached hydrogens (primary N) is 1. The van der Waals surface area contributed by atoms with Crippen LogP contribution in [0.4, 0.5) is 0 Å². The molecule has 14 heavy (non-hydrogen) atoms. The smallest absolute Gasteiger partial charge is 0.0131 e. The summed E-state index contributed by atoms with van der Waals surface area (Å²) < 4.78 is 0. The van der Waals surface area contributed by atoms with Crippen molar-refractivity contribution in [2.24, 2.45) is 11.7 Å². The summed E-state index contributed by atoms with van der Waals surface area (Å²) in [5.41, 5.74) is 7.57. The van der Waals surface area contributed by atoms with Gasteiger partial charge in [-0.15, -0.1) is 0 Å². The van der Waals surface area contributed by atoms with Crippen LogP contribution in [0.15, 0.2) is 30.3 Å². The molecule has 1 aromatic carbocycles. The lowest BCUT2D eigenvalue weighted by Gasteiger charge is -2.26. The van der Waals surface area contributed by atoms with Gasteiger partial charge in [-0.1, -0.05) is 51.1 Å². The molecule has 0 aliphatic carbocycles. The van der Waals surface area contributed by atoms with Crippen molar-refractivity contribution in [3.63, 3.8) is 0 Å². The summed E-state index contributed by atoms with van der Waals surface area (Å²) in [6.07, 6.45) is 1.11. The molecule has 0 spiro atoms. The maximum Gasteiger partial charge on any atom is 0.0131 e. The molecule has 2 unspecified atom stereocenters. The topological polar surface area (TPSA) is 26.0 Å². The van der Waals surface area contributed by atoms with E-state index in [1.807, 2.05) is 0 Å². The Labute approximate surface area is 87.3 Å². The van der Waals surface area contributed by atoms with Gasteiger partial charge in [0, 0.05) is 6.04 Å². The number of benzene rings is 1. The van der Waals surface area contributed by atoms with Crippen molar-refractivity contribution >= 4 is 0 Å². The first-order chi connectivity index (χ1) is 6.66. The second-order valence-corrected chi connectivity index (χ2v) is 4.25. The van der Waals surface area contributed by atoms with E-state index in [9.17, 15) is 0 Å². The van der Waals surface area contributed by atoms with E-state index < -0.39 is 0 Å². The van der Waals surface area contributed by atoms with Crippen LogP contribution in [0.5, 0.6) is 0 Å². The fourth-order valence-electron chi connectivity index (χ4n) is 1.89. The molecule has 0 saturated heterocycles. The Bertz CT molecular complexity index is 253. The van der Waals surface area contributed by atoms with E-state index in [4.69, 9.17) is 5.73 Å². The van der Waals surface area contributed by atoms with Gasteiger partial charge in [0.1, 0.15) is 0 Å². The summed E-state index contributed by atoms with van der Waals surface area (Å²) in [4.78, 5) is 0. The van der Waals surface area contributed by atoms with E-state index >= 15 is 0 Å². The molecule has 2 N–H and O–H groups in total. The van der Waals surface area contributed by atoms with E-state index in [1.165, 1.54) is 5.56 Å². The quantitative estimate of drug-likeness (QED) is 0.777. The summed E-state index contributed by atoms with van der Waals surface area (Å²) in [5.74, 6) is 1.04. The second-order valence-electron chi connectivity index (χ2n) is 4.25. The van der Waals surface area contributed by atoms with Crippen LogP contribution >= 0.6 is 0 Å². The number of rotatable bonds is 4. The Morgan fingerprint density at radius 1 is 1.14 bits per heavy atom. The summed E-state index contributed by atoms with van der Waals surface area (Å²) >= 11 is 0. The molecule has 0 aliphatic rings. The van der Waals surface area contributed by atoms with Crippen LogP contribution in [0.1, 0.15) is 38.7 Å². The molecule has 0 aliphatic heterocycles. The van der Waals surface area contributed by atoms with E-state index in [0.29, 0.717) is 11.8 Å². The third-order valence-electron chi connectivity index (χ3n) is 2.90. The summed E-state index contributed by atoms with van der Waals surface area (Å²) in [6.45, 7) is 6.59. The molecule has 1 nitrogen and oxygen atoms in total. The zero-order valence-corrected chi connectivity index (χ0v) is 9.40. The number of hydrogen-bond donors (Lipinski definition) is 1. The van der Waals surface area contributed by atoms with Gasteiger partial charge in [0.2, 0.25) is 0 Å². The third-order valence-corrected chi connectivity index (χ3v) is 2.90. The van der Waals surface area contributed by atoms with Crippen LogP contribution in [-0.4, -0.2) is 6.04 Å². The molecule has 0 heterocycles. The molecule has 0 radical (unpaired) electrons. The minimum absolute atomic E-state index is 0.266. The lowest BCUT2D eigenvalue weighted by molar-refractivity contribution is 0.408. The Morgan fingerprint density at radius 2 is 1.71 bits per heavy atom. The maximum atomic E-state index is 6.20. The highest BCUT2D eigenvalue weighted by atomic mass is 14.7. The van der Waals surface area contributed by atoms with Crippen molar-refractivity contribution in [3.05, 3.63) is 35.9 Å². The molecule has 0 bridgehead atoms. The Balaban J connectivity index is 2.82. The SMILES string of the molecule is CCC(c1ccccc1)C(N)C(C)C. The monoisotopic (exact) mass is 191 g/mol. The normalized spacial score (nSPS) is 15.5. The van der Waals surface area contributed by atoms with Gasteiger partial charge in [-0.05, 0) is 23.8 Å². The van der Waals surface area contributed by atoms with Crippen LogP contribution in [0, 0.1) is 5.92 Å². The van der Waals surface area contributed by atoms with Crippen LogP contribution in [0.2, 0.25) is 0 Å². The molecule has 1 rings (SSSR count). The van der Waals surface area contributed by atoms with Gasteiger partial charge in [-0.2, -0.15) is 0 Å². The Kier molecular flexibility index (Phi) is 4.15. The fraction of sp³-hybridized carbons (Fsp3) is 0.538. The van der Waals surface area contributed by atoms with Crippen LogP contribution in [0.3, 0.4) is 0 Å². The molecule has 1 heteroatoms. The summed E-state index contributed by atoms with van der Waals surface area (Å²) in [5, 5.41) is 0. The minimum atomic E-state index is 0.266. The summed E-state index contributed by atoms with van der Waals surface area (Å²) in [7, 11) is 0. The zero-order chi connectivity index (χ0) is 10.6. The lowest BCUT2D eigenvalue weighted by atomic mass is 9.84. The van der Waals surface area contributed by atoms with Crippen molar-refractivity contribution < 1.29 is 0 Å². The molecule has 1 aromatic rings. The maximum absolute atomic E-state index is 6.20. The van der Waals surface area contributed by atoms with Gasteiger partial charge in [-0.25, -0.2) is 0 Å². The summed E-state index contributed by atoms with van der Waals surface area (Å²) in [6, 6.07) is 10.8. The average Bonchev–Trinajstić information content (AvgIpc) is 2.20. The predicted molar refractivity (Wildman–Crippen MR) is 62.3 cm³/mol. The largest absolute Gasteiger partial charge is 0.327 e. The zero-order valence-electron chi connectivity index (χ0n) is 9.40. The molecule has 0 aromatic heterocycles. The van der Waals surface area contributed by atoms with Crippen molar-refractivity contribution in [3.8, 4) is 0 Å². The first kappa shape index (κ1) is 11.3. The first-order valence-electron chi connectivity index (χ1n) is 5.47. The predicted octanol–water partition coefficient (Wildman–Crippen LogP) is 3.16. The van der Waals surface area contributed by atoms with Crippen molar-refractivity contribution in [2.45, 2.75) is 39.2 Å². The van der Waals surface area contributed by atoms with Crippen LogP contribution in [0.25, 0.3) is 0 Å². The minimum Gasteiger partial charge on any atom is -0.327 e. The van der Waals surface area contributed by atoms with E-state index in [-0.39, 0.29) is 6.04 Å². The van der Waals surface area contributed by atoms with Crippen molar-refractivity contribution in [2.75, 3.05) is 0 Å². The fourth-order valence-corrected chi connectivity index (χ4v) is 1.89. The molecule has 78 valence electrons. The third kappa shape index (κ3) is 2.58. The van der Waals surface area contributed by atoms with Gasteiger partial charge in [-0.3, -0.25) is 0 Å². The van der Waals surface area contributed by atoms with Gasteiger partial charge in [0.15, 0.2) is 0 Å². The molecular formula is C13H21N. The second kappa shape index (κ2) is 5.16. The van der Waals surface area contributed by atoms with Crippen molar-refractivity contribution in [1.82, 2.24) is 0 Å². The Hall–Kier alpha value is -0.820. The van der Waals surface area contributed by atoms with Crippen LogP contribution < -0.4 is 5.73 Å². The molecule has 2 atom stereocenters. The van der Waals surface area contributed by atoms with Crippen molar-refractivity contribution in [1.29, 1.82) is 0 Å². The molecule has 0 fully saturated rings. The highest BCUT2D eigenvalue weighted by molar-refractivity contribution is 5.21. The highest BCUT2D eigenvalue weighted by Crippen LogP contribution is 2.25. The van der Waals surface area contributed by atoms with Gasteiger partial charge >= 0.3 is 0 Å². The molecular weight excluding hydrogens is 170 g/mol. The van der Waals surface area contributed by atoms with Crippen LogP contribution in [-0.2, 0) is 0 Å². The molecule has 0 amide bonds. The standard InChI is InChI=1S/C13H21N/c1-4-12(13(14)10(2)3)11-8-6-5-7-9-11/h5-10,12-13H,4,14H2,1-3H3. The average molecular weight is 191 g/mol. The van der Waals surface area contributed by atoms with Gasteiger partial charge < -0.3 is 5.73 Å².